The average molecular weight is 304 g/mol. The lowest BCUT2D eigenvalue weighted by atomic mass is 10.2. The van der Waals surface area contributed by atoms with Gasteiger partial charge in [0.15, 0.2) is 0 Å². The molecule has 1 aromatic rings. The zero-order chi connectivity index (χ0) is 14.4. The lowest BCUT2D eigenvalue weighted by Crippen LogP contribution is -2.43. The fourth-order valence-corrected chi connectivity index (χ4v) is 3.05. The SMILES string of the molecule is CC(=O)NC(CS(=O)Cc1ccccc1Cl)C(=O)O. The van der Waals surface area contributed by atoms with Crippen LogP contribution in [0.5, 0.6) is 0 Å². The maximum atomic E-state index is 11.9. The highest BCUT2D eigenvalue weighted by molar-refractivity contribution is 7.84. The first-order chi connectivity index (χ1) is 8.90. The summed E-state index contributed by atoms with van der Waals surface area (Å²) >= 11 is 5.93. The van der Waals surface area contributed by atoms with Crippen LogP contribution in [0.1, 0.15) is 12.5 Å². The van der Waals surface area contributed by atoms with E-state index in [1.807, 2.05) is 0 Å². The van der Waals surface area contributed by atoms with Gasteiger partial charge < -0.3 is 10.4 Å². The molecule has 5 nitrogen and oxygen atoms in total. The van der Waals surface area contributed by atoms with E-state index in [0.29, 0.717) is 10.6 Å². The number of carbonyl (C=O) groups is 2. The molecule has 19 heavy (non-hydrogen) atoms. The topological polar surface area (TPSA) is 83.5 Å². The molecule has 7 heteroatoms. The number of carbonyl (C=O) groups excluding carboxylic acids is 1. The van der Waals surface area contributed by atoms with Crippen LogP contribution in [0.4, 0.5) is 0 Å². The third-order valence-corrected chi connectivity index (χ3v) is 4.01. The Labute approximate surface area is 118 Å². The Bertz CT molecular complexity index is 506. The van der Waals surface area contributed by atoms with Gasteiger partial charge in [0.2, 0.25) is 5.91 Å². The number of carboxylic acids is 1. The number of rotatable bonds is 6. The minimum Gasteiger partial charge on any atom is -0.480 e. The van der Waals surface area contributed by atoms with Gasteiger partial charge in [0.1, 0.15) is 6.04 Å². The van der Waals surface area contributed by atoms with E-state index < -0.39 is 28.7 Å². The van der Waals surface area contributed by atoms with Gasteiger partial charge in [-0.05, 0) is 11.6 Å². The monoisotopic (exact) mass is 303 g/mol. The van der Waals surface area contributed by atoms with Crippen molar-refractivity contribution < 1.29 is 18.9 Å². The molecule has 2 N–H and O–H groups in total. The fraction of sp³-hybridized carbons (Fsp3) is 0.333. The van der Waals surface area contributed by atoms with Crippen molar-refractivity contribution in [3.8, 4) is 0 Å². The highest BCUT2D eigenvalue weighted by Crippen LogP contribution is 2.16. The minimum atomic E-state index is -1.43. The highest BCUT2D eigenvalue weighted by Gasteiger charge is 2.21. The first-order valence-electron chi connectivity index (χ1n) is 5.48. The molecule has 0 aliphatic rings. The third kappa shape index (κ3) is 5.40. The van der Waals surface area contributed by atoms with Crippen LogP contribution in [-0.2, 0) is 26.1 Å². The Kier molecular flexibility index (Phi) is 5.98. The van der Waals surface area contributed by atoms with Crippen LogP contribution in [-0.4, -0.2) is 33.0 Å². The Morgan fingerprint density at radius 3 is 2.58 bits per heavy atom. The summed E-state index contributed by atoms with van der Waals surface area (Å²) in [4.78, 5) is 21.8. The van der Waals surface area contributed by atoms with Crippen LogP contribution in [0.25, 0.3) is 0 Å². The van der Waals surface area contributed by atoms with Crippen molar-refractivity contribution in [2.24, 2.45) is 0 Å². The van der Waals surface area contributed by atoms with Crippen LogP contribution in [0, 0.1) is 0 Å². The molecule has 0 heterocycles. The summed E-state index contributed by atoms with van der Waals surface area (Å²) in [5.74, 6) is -1.67. The van der Waals surface area contributed by atoms with Gasteiger partial charge in [-0.25, -0.2) is 4.79 Å². The van der Waals surface area contributed by atoms with Crippen LogP contribution in [0.3, 0.4) is 0 Å². The number of carboxylic acid groups (broad SMARTS) is 1. The number of halogens is 1. The molecule has 0 saturated heterocycles. The van der Waals surface area contributed by atoms with Crippen molar-refractivity contribution >= 4 is 34.3 Å². The summed E-state index contributed by atoms with van der Waals surface area (Å²) in [5.41, 5.74) is 0.689. The van der Waals surface area contributed by atoms with Gasteiger partial charge in [-0.2, -0.15) is 0 Å². The normalized spacial score (nSPS) is 13.6. The fourth-order valence-electron chi connectivity index (χ4n) is 1.45. The molecule has 2 unspecified atom stereocenters. The first kappa shape index (κ1) is 15.7. The summed E-state index contributed by atoms with van der Waals surface area (Å²) in [6.45, 7) is 1.22. The number of hydrogen-bond donors (Lipinski definition) is 2. The van der Waals surface area contributed by atoms with Gasteiger partial charge in [0.05, 0.1) is 11.5 Å². The Hall–Kier alpha value is -1.40. The van der Waals surface area contributed by atoms with E-state index in [0.717, 1.165) is 0 Å². The van der Waals surface area contributed by atoms with Crippen LogP contribution in [0.15, 0.2) is 24.3 Å². The predicted octanol–water partition coefficient (Wildman–Crippen LogP) is 1.18. The molecular formula is C12H14ClNO4S. The second-order valence-corrected chi connectivity index (χ2v) is 5.84. The third-order valence-electron chi connectivity index (χ3n) is 2.30. The number of hydrogen-bond acceptors (Lipinski definition) is 3. The van der Waals surface area contributed by atoms with Crippen molar-refractivity contribution in [2.45, 2.75) is 18.7 Å². The molecule has 1 amide bonds. The molecule has 0 spiro atoms. The Morgan fingerprint density at radius 1 is 1.42 bits per heavy atom. The van der Waals surface area contributed by atoms with E-state index in [9.17, 15) is 13.8 Å². The van der Waals surface area contributed by atoms with E-state index >= 15 is 0 Å². The predicted molar refractivity (Wildman–Crippen MR) is 73.4 cm³/mol. The van der Waals surface area contributed by atoms with Crippen LogP contribution in [0.2, 0.25) is 5.02 Å². The summed E-state index contributed by atoms with van der Waals surface area (Å²) in [5, 5.41) is 11.7. The van der Waals surface area contributed by atoms with Crippen molar-refractivity contribution in [3.05, 3.63) is 34.9 Å². The lowest BCUT2D eigenvalue weighted by Gasteiger charge is -2.13. The second-order valence-electron chi connectivity index (χ2n) is 3.93. The van der Waals surface area contributed by atoms with Gasteiger partial charge in [-0.1, -0.05) is 29.8 Å². The van der Waals surface area contributed by atoms with Gasteiger partial charge in [0.25, 0.3) is 0 Å². The molecule has 0 aromatic heterocycles. The molecule has 2 atom stereocenters. The zero-order valence-corrected chi connectivity index (χ0v) is 11.8. The van der Waals surface area contributed by atoms with E-state index in [-0.39, 0.29) is 11.5 Å². The largest absolute Gasteiger partial charge is 0.480 e. The number of aliphatic carboxylic acids is 1. The zero-order valence-electron chi connectivity index (χ0n) is 10.3. The second kappa shape index (κ2) is 7.25. The number of amides is 1. The van der Waals surface area contributed by atoms with Crippen molar-refractivity contribution in [2.75, 3.05) is 5.75 Å². The molecule has 1 rings (SSSR count). The maximum absolute atomic E-state index is 11.9. The Balaban J connectivity index is 2.65. The quantitative estimate of drug-likeness (QED) is 0.826. The van der Waals surface area contributed by atoms with E-state index in [1.165, 1.54) is 6.92 Å². The molecule has 0 radical (unpaired) electrons. The minimum absolute atomic E-state index is 0.153. The van der Waals surface area contributed by atoms with Gasteiger partial charge >= 0.3 is 5.97 Å². The molecule has 0 fully saturated rings. The summed E-state index contributed by atoms with van der Waals surface area (Å²) in [7, 11) is -1.43. The average Bonchev–Trinajstić information content (AvgIpc) is 2.30. The number of benzene rings is 1. The lowest BCUT2D eigenvalue weighted by molar-refractivity contribution is -0.140. The van der Waals surface area contributed by atoms with Gasteiger partial charge in [-0.15, -0.1) is 0 Å². The van der Waals surface area contributed by atoms with E-state index in [1.54, 1.807) is 24.3 Å². The van der Waals surface area contributed by atoms with Crippen molar-refractivity contribution in [1.82, 2.24) is 5.32 Å². The summed E-state index contributed by atoms with van der Waals surface area (Å²) < 4.78 is 11.9. The molecule has 0 bridgehead atoms. The van der Waals surface area contributed by atoms with Gasteiger partial charge in [0, 0.05) is 22.7 Å². The van der Waals surface area contributed by atoms with Crippen molar-refractivity contribution in [1.29, 1.82) is 0 Å². The highest BCUT2D eigenvalue weighted by atomic mass is 35.5. The number of nitrogens with one attached hydrogen (secondary N) is 1. The molecule has 0 saturated carbocycles. The van der Waals surface area contributed by atoms with E-state index in [4.69, 9.17) is 16.7 Å². The maximum Gasteiger partial charge on any atom is 0.327 e. The van der Waals surface area contributed by atoms with Crippen LogP contribution < -0.4 is 5.32 Å². The summed E-state index contributed by atoms with van der Waals surface area (Å²) in [6.07, 6.45) is 0. The molecular weight excluding hydrogens is 290 g/mol. The summed E-state index contributed by atoms with van der Waals surface area (Å²) in [6, 6.07) is 5.78. The van der Waals surface area contributed by atoms with Gasteiger partial charge in [-0.3, -0.25) is 9.00 Å². The molecule has 104 valence electrons. The standard InChI is InChI=1S/C12H14ClNO4S/c1-8(15)14-11(12(16)17)7-19(18)6-9-4-2-3-5-10(9)13/h2-5,11H,6-7H2,1H3,(H,14,15)(H,16,17). The van der Waals surface area contributed by atoms with Crippen molar-refractivity contribution in [3.63, 3.8) is 0 Å². The molecule has 0 aliphatic heterocycles. The Morgan fingerprint density at radius 2 is 2.05 bits per heavy atom. The van der Waals surface area contributed by atoms with Crippen LogP contribution >= 0.6 is 11.6 Å². The first-order valence-corrected chi connectivity index (χ1v) is 7.35. The molecule has 1 aromatic carbocycles. The van der Waals surface area contributed by atoms with E-state index in [2.05, 4.69) is 5.32 Å². The smallest absolute Gasteiger partial charge is 0.327 e. The molecule has 0 aliphatic carbocycles.